The van der Waals surface area contributed by atoms with E-state index in [2.05, 4.69) is 5.32 Å². The van der Waals surface area contributed by atoms with Gasteiger partial charge in [0.05, 0.1) is 15.7 Å². The lowest BCUT2D eigenvalue weighted by Gasteiger charge is -2.17. The summed E-state index contributed by atoms with van der Waals surface area (Å²) in [5, 5.41) is 3.88. The quantitative estimate of drug-likeness (QED) is 0.799. The fourth-order valence-electron chi connectivity index (χ4n) is 1.83. The van der Waals surface area contributed by atoms with Crippen molar-refractivity contribution in [1.29, 1.82) is 0 Å². The number of carbonyl (C=O) groups is 1. The molecule has 116 valence electrons. The van der Waals surface area contributed by atoms with E-state index in [0.29, 0.717) is 21.5 Å². The van der Waals surface area contributed by atoms with Gasteiger partial charge in [-0.3, -0.25) is 4.79 Å². The zero-order valence-electron chi connectivity index (χ0n) is 12.0. The minimum Gasteiger partial charge on any atom is -0.479 e. The van der Waals surface area contributed by atoms with Gasteiger partial charge in [-0.2, -0.15) is 0 Å². The second kappa shape index (κ2) is 7.23. The van der Waals surface area contributed by atoms with Crippen LogP contribution in [0.2, 0.25) is 15.1 Å². The van der Waals surface area contributed by atoms with Gasteiger partial charge in [0.15, 0.2) is 6.10 Å². The topological polar surface area (TPSA) is 38.3 Å². The molecule has 0 aliphatic rings. The number of hydrogen-bond donors (Lipinski definition) is 1. The maximum atomic E-state index is 12.2. The van der Waals surface area contributed by atoms with Crippen molar-refractivity contribution in [2.24, 2.45) is 0 Å². The minimum atomic E-state index is -0.758. The van der Waals surface area contributed by atoms with E-state index in [0.717, 1.165) is 5.56 Å². The van der Waals surface area contributed by atoms with Crippen LogP contribution in [0.15, 0.2) is 36.4 Å². The zero-order valence-corrected chi connectivity index (χ0v) is 14.3. The molecule has 0 heterocycles. The van der Waals surface area contributed by atoms with E-state index in [4.69, 9.17) is 39.5 Å². The van der Waals surface area contributed by atoms with Gasteiger partial charge in [-0.15, -0.1) is 0 Å². The molecule has 22 heavy (non-hydrogen) atoms. The Balaban J connectivity index is 2.11. The number of para-hydroxylation sites is 1. The number of benzene rings is 2. The second-order valence-corrected chi connectivity index (χ2v) is 5.93. The first-order chi connectivity index (χ1) is 10.4. The van der Waals surface area contributed by atoms with E-state index < -0.39 is 6.10 Å². The SMILES string of the molecule is Cc1cccc(Cl)c1NC(=O)C(C)Oc1cccc(Cl)c1Cl. The molecule has 0 radical (unpaired) electrons. The lowest BCUT2D eigenvalue weighted by Crippen LogP contribution is -2.30. The van der Waals surface area contributed by atoms with Crippen molar-refractivity contribution in [1.82, 2.24) is 0 Å². The zero-order chi connectivity index (χ0) is 16.3. The Kier molecular flexibility index (Phi) is 5.57. The van der Waals surface area contributed by atoms with Gasteiger partial charge >= 0.3 is 0 Å². The number of nitrogens with one attached hydrogen (secondary N) is 1. The fourth-order valence-corrected chi connectivity index (χ4v) is 2.44. The molecule has 0 bridgehead atoms. The Bertz CT molecular complexity index is 684. The first-order valence-electron chi connectivity index (χ1n) is 6.56. The first-order valence-corrected chi connectivity index (χ1v) is 7.70. The average molecular weight is 359 g/mol. The van der Waals surface area contributed by atoms with Gasteiger partial charge < -0.3 is 10.1 Å². The molecular weight excluding hydrogens is 345 g/mol. The van der Waals surface area contributed by atoms with Crippen molar-refractivity contribution in [3.05, 3.63) is 57.0 Å². The maximum Gasteiger partial charge on any atom is 0.265 e. The molecule has 3 nitrogen and oxygen atoms in total. The number of amides is 1. The highest BCUT2D eigenvalue weighted by molar-refractivity contribution is 6.42. The summed E-state index contributed by atoms with van der Waals surface area (Å²) in [5.41, 5.74) is 1.44. The fraction of sp³-hybridized carbons (Fsp3) is 0.188. The first kappa shape index (κ1) is 16.9. The van der Waals surface area contributed by atoms with Crippen LogP contribution < -0.4 is 10.1 Å². The molecule has 2 rings (SSSR count). The predicted molar refractivity (Wildman–Crippen MR) is 91.4 cm³/mol. The molecule has 0 fully saturated rings. The van der Waals surface area contributed by atoms with Crippen molar-refractivity contribution < 1.29 is 9.53 Å². The summed E-state index contributed by atoms with van der Waals surface area (Å²) in [5.74, 6) is 0.0277. The highest BCUT2D eigenvalue weighted by atomic mass is 35.5. The Morgan fingerprint density at radius 1 is 1.09 bits per heavy atom. The van der Waals surface area contributed by atoms with Gasteiger partial charge in [0.1, 0.15) is 10.8 Å². The second-order valence-electron chi connectivity index (χ2n) is 4.73. The lowest BCUT2D eigenvalue weighted by molar-refractivity contribution is -0.122. The molecule has 0 aliphatic carbocycles. The average Bonchev–Trinajstić information content (AvgIpc) is 2.47. The molecule has 1 N–H and O–H groups in total. The molecule has 2 aromatic rings. The summed E-state index contributed by atoms with van der Waals surface area (Å²) >= 11 is 18.1. The van der Waals surface area contributed by atoms with E-state index >= 15 is 0 Å². The highest BCUT2D eigenvalue weighted by Crippen LogP contribution is 2.32. The molecule has 1 unspecified atom stereocenters. The van der Waals surface area contributed by atoms with Gasteiger partial charge in [0.2, 0.25) is 0 Å². The number of rotatable bonds is 4. The van der Waals surface area contributed by atoms with Crippen LogP contribution in [-0.4, -0.2) is 12.0 Å². The Hall–Kier alpha value is -1.42. The normalized spacial score (nSPS) is 11.9. The number of hydrogen-bond acceptors (Lipinski definition) is 2. The molecule has 0 saturated heterocycles. The summed E-state index contributed by atoms with van der Waals surface area (Å²) < 4.78 is 5.57. The third-order valence-corrected chi connectivity index (χ3v) is 4.18. The van der Waals surface area contributed by atoms with Crippen LogP contribution in [0.5, 0.6) is 5.75 Å². The van der Waals surface area contributed by atoms with E-state index in [-0.39, 0.29) is 10.9 Å². The lowest BCUT2D eigenvalue weighted by atomic mass is 10.2. The molecule has 0 spiro atoms. The van der Waals surface area contributed by atoms with Crippen LogP contribution in [0.25, 0.3) is 0 Å². The third-order valence-electron chi connectivity index (χ3n) is 3.06. The van der Waals surface area contributed by atoms with Gasteiger partial charge in [-0.05, 0) is 37.6 Å². The monoisotopic (exact) mass is 357 g/mol. The Labute approximate surface area is 144 Å². The Morgan fingerprint density at radius 3 is 2.41 bits per heavy atom. The Morgan fingerprint density at radius 2 is 1.73 bits per heavy atom. The maximum absolute atomic E-state index is 12.2. The minimum absolute atomic E-state index is 0.276. The van der Waals surface area contributed by atoms with Crippen LogP contribution in [-0.2, 0) is 4.79 Å². The van der Waals surface area contributed by atoms with E-state index in [1.807, 2.05) is 19.1 Å². The van der Waals surface area contributed by atoms with Crippen LogP contribution in [0.1, 0.15) is 12.5 Å². The molecule has 1 atom stereocenters. The standard InChI is InChI=1S/C16H14Cl3NO2/c1-9-5-3-7-12(18)15(9)20-16(21)10(2)22-13-8-4-6-11(17)14(13)19/h3-8,10H,1-2H3,(H,20,21). The molecule has 2 aromatic carbocycles. The van der Waals surface area contributed by atoms with Gasteiger partial charge in [-0.25, -0.2) is 0 Å². The molecule has 0 aliphatic heterocycles. The van der Waals surface area contributed by atoms with Crippen LogP contribution in [0, 0.1) is 6.92 Å². The van der Waals surface area contributed by atoms with Crippen molar-refractivity contribution in [2.45, 2.75) is 20.0 Å². The summed E-state index contributed by atoms with van der Waals surface area (Å²) in [6.45, 7) is 3.49. The van der Waals surface area contributed by atoms with E-state index in [1.165, 1.54) is 0 Å². The summed E-state index contributed by atoms with van der Waals surface area (Å²) in [6, 6.07) is 10.4. The van der Waals surface area contributed by atoms with Crippen LogP contribution in [0.3, 0.4) is 0 Å². The van der Waals surface area contributed by atoms with Crippen molar-refractivity contribution in [3.63, 3.8) is 0 Å². The third kappa shape index (κ3) is 3.86. The smallest absolute Gasteiger partial charge is 0.265 e. The molecule has 0 saturated carbocycles. The number of ether oxygens (including phenoxy) is 1. The number of halogens is 3. The van der Waals surface area contributed by atoms with E-state index in [9.17, 15) is 4.79 Å². The number of anilines is 1. The van der Waals surface area contributed by atoms with Gasteiger partial charge in [0, 0.05) is 0 Å². The van der Waals surface area contributed by atoms with Crippen molar-refractivity contribution in [2.75, 3.05) is 5.32 Å². The summed E-state index contributed by atoms with van der Waals surface area (Å²) in [7, 11) is 0. The van der Waals surface area contributed by atoms with Gasteiger partial charge in [0.25, 0.3) is 5.91 Å². The number of aryl methyl sites for hydroxylation is 1. The van der Waals surface area contributed by atoms with Crippen molar-refractivity contribution >= 4 is 46.4 Å². The molecule has 6 heteroatoms. The largest absolute Gasteiger partial charge is 0.479 e. The highest BCUT2D eigenvalue weighted by Gasteiger charge is 2.18. The van der Waals surface area contributed by atoms with Crippen molar-refractivity contribution in [3.8, 4) is 5.75 Å². The summed E-state index contributed by atoms with van der Waals surface area (Å²) in [4.78, 5) is 12.2. The van der Waals surface area contributed by atoms with Crippen LogP contribution in [0.4, 0.5) is 5.69 Å². The number of carbonyl (C=O) groups excluding carboxylic acids is 1. The summed E-state index contributed by atoms with van der Waals surface area (Å²) in [6.07, 6.45) is -0.758. The predicted octanol–water partition coefficient (Wildman–Crippen LogP) is 5.36. The van der Waals surface area contributed by atoms with Gasteiger partial charge in [-0.1, -0.05) is 53.0 Å². The van der Waals surface area contributed by atoms with Crippen LogP contribution >= 0.6 is 34.8 Å². The van der Waals surface area contributed by atoms with E-state index in [1.54, 1.807) is 31.2 Å². The molecule has 1 amide bonds. The molecule has 0 aromatic heterocycles. The molecular formula is C16H14Cl3NO2.